The molecule has 2 heterocycles. The Labute approximate surface area is 213 Å². The third-order valence-electron chi connectivity index (χ3n) is 4.90. The van der Waals surface area contributed by atoms with E-state index in [0.29, 0.717) is 0 Å². The van der Waals surface area contributed by atoms with Gasteiger partial charge in [-0.2, -0.15) is 0 Å². The van der Waals surface area contributed by atoms with E-state index in [9.17, 15) is 28.8 Å². The summed E-state index contributed by atoms with van der Waals surface area (Å²) in [5.74, 6) is -4.09. The van der Waals surface area contributed by atoms with Crippen LogP contribution in [0.5, 0.6) is 0 Å². The van der Waals surface area contributed by atoms with Crippen molar-refractivity contribution in [3.05, 3.63) is 32.0 Å². The van der Waals surface area contributed by atoms with Gasteiger partial charge in [0.15, 0.2) is 0 Å². The predicted molar refractivity (Wildman–Crippen MR) is 130 cm³/mol. The van der Waals surface area contributed by atoms with Crippen LogP contribution in [0.2, 0.25) is 0 Å². The first-order chi connectivity index (χ1) is 17.0. The molecule has 12 nitrogen and oxygen atoms in total. The molecule has 0 aromatic carbocycles. The summed E-state index contributed by atoms with van der Waals surface area (Å²) in [5.41, 5.74) is 0.591. The lowest BCUT2D eigenvalue weighted by Gasteiger charge is -2.07. The van der Waals surface area contributed by atoms with Crippen molar-refractivity contribution in [2.75, 3.05) is 39.1 Å². The lowest BCUT2D eigenvalue weighted by molar-refractivity contribution is -0.121. The molecule has 14 heteroatoms. The van der Waals surface area contributed by atoms with Gasteiger partial charge in [0.2, 0.25) is 11.8 Å². The molecule has 2 rings (SSSR count). The summed E-state index contributed by atoms with van der Waals surface area (Å²) < 4.78 is 18.9. The van der Waals surface area contributed by atoms with Crippen LogP contribution in [0, 0.1) is 13.8 Å². The van der Waals surface area contributed by atoms with E-state index in [1.165, 1.54) is 28.1 Å². The molecule has 0 aliphatic rings. The summed E-state index contributed by atoms with van der Waals surface area (Å²) in [4.78, 5) is 73.6. The van der Waals surface area contributed by atoms with Crippen molar-refractivity contribution in [2.45, 2.75) is 26.7 Å². The highest BCUT2D eigenvalue weighted by Gasteiger charge is 2.28. The molecule has 0 aliphatic heterocycles. The third-order valence-corrected chi connectivity index (χ3v) is 7.27. The Morgan fingerprint density at radius 3 is 1.17 bits per heavy atom. The van der Waals surface area contributed by atoms with Gasteiger partial charge in [0.1, 0.15) is 19.8 Å². The fourth-order valence-corrected chi connectivity index (χ4v) is 5.34. The first-order valence-corrected chi connectivity index (χ1v) is 11.8. The molecule has 0 unspecified atom stereocenters. The topological polar surface area (TPSA) is 163 Å². The molecular formula is C22H24N2O10S2. The highest BCUT2D eigenvalue weighted by Crippen LogP contribution is 2.35. The van der Waals surface area contributed by atoms with E-state index < -0.39 is 35.7 Å². The lowest BCUT2D eigenvalue weighted by atomic mass is 10.1. The summed E-state index contributed by atoms with van der Waals surface area (Å²) in [5, 5.41) is 5.19. The van der Waals surface area contributed by atoms with E-state index in [4.69, 9.17) is 18.9 Å². The Hall–Kier alpha value is -3.78. The number of carbonyl (C=O) groups excluding carboxylic acids is 6. The maximum absolute atomic E-state index is 12.5. The maximum atomic E-state index is 12.5. The molecule has 194 valence electrons. The Bertz CT molecular complexity index is 1130. The lowest BCUT2D eigenvalue weighted by Crippen LogP contribution is -2.18. The Kier molecular flexibility index (Phi) is 9.69. The Morgan fingerprint density at radius 2 is 0.889 bits per heavy atom. The molecule has 0 bridgehead atoms. The molecule has 0 spiro atoms. The van der Waals surface area contributed by atoms with Gasteiger partial charge in [0.25, 0.3) is 0 Å². The molecule has 2 amide bonds. The molecular weight excluding hydrogens is 516 g/mol. The largest absolute Gasteiger partial charge is 0.465 e. The average molecular weight is 541 g/mol. The maximum Gasteiger partial charge on any atom is 0.348 e. The zero-order chi connectivity index (χ0) is 27.2. The molecule has 0 aliphatic carbocycles. The number of rotatable bonds is 9. The summed E-state index contributed by atoms with van der Waals surface area (Å²) in [6.45, 7) is 3.03. The second kappa shape index (κ2) is 12.3. The smallest absolute Gasteiger partial charge is 0.348 e. The summed E-state index contributed by atoms with van der Waals surface area (Å²) in [7, 11) is 4.69. The van der Waals surface area contributed by atoms with Crippen LogP contribution in [-0.2, 0) is 28.5 Å². The Morgan fingerprint density at radius 1 is 0.583 bits per heavy atom. The standard InChI is InChI=1S/C22H24N2O10S2/c1-9-13(19(27)31-3)17(35-15(9)21(29)33-5)23-11(25)7-8-12(26)24-18-14(20(28)32-4)10(2)16(36-18)22(30)34-6/h7-8H2,1-6H3,(H,23,25)(H,24,26). The molecule has 0 fully saturated rings. The van der Waals surface area contributed by atoms with Gasteiger partial charge < -0.3 is 29.6 Å². The number of thiophene rings is 2. The van der Waals surface area contributed by atoms with Gasteiger partial charge in [-0.3, -0.25) is 9.59 Å². The minimum atomic E-state index is -0.753. The van der Waals surface area contributed by atoms with Crippen molar-refractivity contribution in [2.24, 2.45) is 0 Å². The van der Waals surface area contributed by atoms with Crippen LogP contribution in [-0.4, -0.2) is 64.1 Å². The first kappa shape index (κ1) is 28.5. The molecule has 0 saturated heterocycles. The van der Waals surface area contributed by atoms with Crippen molar-refractivity contribution in [1.29, 1.82) is 0 Å². The second-order valence-corrected chi connectivity index (χ2v) is 9.12. The monoisotopic (exact) mass is 540 g/mol. The number of nitrogens with one attached hydrogen (secondary N) is 2. The summed E-state index contributed by atoms with van der Waals surface area (Å²) in [6, 6.07) is 0. The molecule has 36 heavy (non-hydrogen) atoms. The molecule has 2 aromatic rings. The highest BCUT2D eigenvalue weighted by molar-refractivity contribution is 7.19. The summed E-state index contributed by atoms with van der Waals surface area (Å²) in [6.07, 6.45) is -0.586. The van der Waals surface area contributed by atoms with E-state index in [-0.39, 0.29) is 54.9 Å². The van der Waals surface area contributed by atoms with Gasteiger partial charge in [0, 0.05) is 12.8 Å². The number of methoxy groups -OCH3 is 4. The number of ether oxygens (including phenoxy) is 4. The van der Waals surface area contributed by atoms with Crippen LogP contribution in [0.4, 0.5) is 10.0 Å². The number of anilines is 2. The van der Waals surface area contributed by atoms with Crippen molar-refractivity contribution < 1.29 is 47.7 Å². The fraction of sp³-hybridized carbons (Fsp3) is 0.364. The van der Waals surface area contributed by atoms with E-state index in [2.05, 4.69) is 10.6 Å². The van der Waals surface area contributed by atoms with Crippen LogP contribution >= 0.6 is 22.7 Å². The van der Waals surface area contributed by atoms with Crippen LogP contribution in [0.1, 0.15) is 64.0 Å². The molecule has 2 N–H and O–H groups in total. The highest BCUT2D eigenvalue weighted by atomic mass is 32.1. The normalized spacial score (nSPS) is 10.3. The first-order valence-electron chi connectivity index (χ1n) is 10.2. The number of hydrogen-bond donors (Lipinski definition) is 2. The van der Waals surface area contributed by atoms with Gasteiger partial charge in [0.05, 0.1) is 39.6 Å². The quantitative estimate of drug-likeness (QED) is 0.357. The minimum Gasteiger partial charge on any atom is -0.465 e. The van der Waals surface area contributed by atoms with E-state index >= 15 is 0 Å². The van der Waals surface area contributed by atoms with Crippen molar-refractivity contribution in [3.8, 4) is 0 Å². The average Bonchev–Trinajstić information content (AvgIpc) is 3.36. The van der Waals surface area contributed by atoms with Crippen molar-refractivity contribution in [3.63, 3.8) is 0 Å². The second-order valence-electron chi connectivity index (χ2n) is 7.08. The van der Waals surface area contributed by atoms with Crippen molar-refractivity contribution in [1.82, 2.24) is 0 Å². The number of hydrogen-bond acceptors (Lipinski definition) is 12. The van der Waals surface area contributed by atoms with E-state index in [0.717, 1.165) is 36.9 Å². The van der Waals surface area contributed by atoms with Gasteiger partial charge in [-0.25, -0.2) is 19.2 Å². The van der Waals surface area contributed by atoms with Crippen molar-refractivity contribution >= 4 is 68.4 Å². The minimum absolute atomic E-state index is 0.00724. The molecule has 2 aromatic heterocycles. The van der Waals surface area contributed by atoms with E-state index in [1.54, 1.807) is 0 Å². The number of esters is 4. The van der Waals surface area contributed by atoms with Gasteiger partial charge in [-0.1, -0.05) is 0 Å². The van der Waals surface area contributed by atoms with Crippen LogP contribution < -0.4 is 10.6 Å². The van der Waals surface area contributed by atoms with E-state index in [1.807, 2.05) is 0 Å². The van der Waals surface area contributed by atoms with Crippen LogP contribution in [0.3, 0.4) is 0 Å². The molecule has 0 radical (unpaired) electrons. The SMILES string of the molecule is COC(=O)c1sc(NC(=O)CCC(=O)Nc2sc(C(=O)OC)c(C)c2C(=O)OC)c(C(=O)OC)c1C. The molecule has 0 atom stereocenters. The van der Waals surface area contributed by atoms with Gasteiger partial charge in [-0.15, -0.1) is 22.7 Å². The van der Waals surface area contributed by atoms with Gasteiger partial charge >= 0.3 is 23.9 Å². The van der Waals surface area contributed by atoms with Crippen LogP contribution in [0.15, 0.2) is 0 Å². The van der Waals surface area contributed by atoms with Gasteiger partial charge in [-0.05, 0) is 25.0 Å². The zero-order valence-corrected chi connectivity index (χ0v) is 21.9. The zero-order valence-electron chi connectivity index (χ0n) is 20.3. The summed E-state index contributed by atoms with van der Waals surface area (Å²) >= 11 is 1.69. The molecule has 0 saturated carbocycles. The Balaban J connectivity index is 2.16. The van der Waals surface area contributed by atoms with Crippen LogP contribution in [0.25, 0.3) is 0 Å². The number of amides is 2. The number of carbonyl (C=O) groups is 6. The predicted octanol–water partition coefficient (Wildman–Crippen LogP) is 2.93. The fourth-order valence-electron chi connectivity index (χ4n) is 3.08. The third kappa shape index (κ3) is 6.07.